The SMILES string of the molecule is CC(C)c1ccc(N(C=O)C(=O)NN(C)c2cc(C(C)C)ccc2O)cc1. The van der Waals surface area contributed by atoms with Gasteiger partial charge in [0.15, 0.2) is 0 Å². The van der Waals surface area contributed by atoms with Crippen LogP contribution < -0.4 is 15.3 Å². The van der Waals surface area contributed by atoms with Crippen molar-refractivity contribution in [1.29, 1.82) is 0 Å². The number of rotatable bonds is 6. The molecule has 0 saturated heterocycles. The first kappa shape index (κ1) is 20.3. The number of carbonyl (C=O) groups is 2. The second-order valence-electron chi connectivity index (χ2n) is 7.10. The smallest absolute Gasteiger partial charge is 0.347 e. The molecule has 0 aliphatic rings. The van der Waals surface area contributed by atoms with E-state index in [0.717, 1.165) is 16.0 Å². The first-order valence-electron chi connectivity index (χ1n) is 8.96. The van der Waals surface area contributed by atoms with Crippen LogP contribution in [0.25, 0.3) is 0 Å². The molecule has 0 radical (unpaired) electrons. The fourth-order valence-electron chi connectivity index (χ4n) is 2.67. The molecule has 0 bridgehead atoms. The molecular weight excluding hydrogens is 342 g/mol. The highest BCUT2D eigenvalue weighted by Crippen LogP contribution is 2.29. The number of carbonyl (C=O) groups excluding carboxylic acids is 2. The molecule has 0 aliphatic heterocycles. The molecule has 0 aromatic heterocycles. The average Bonchev–Trinajstić information content (AvgIpc) is 2.62. The summed E-state index contributed by atoms with van der Waals surface area (Å²) in [6, 6.07) is 11.9. The van der Waals surface area contributed by atoms with E-state index in [1.807, 2.05) is 38.1 Å². The van der Waals surface area contributed by atoms with Crippen molar-refractivity contribution in [2.24, 2.45) is 0 Å². The molecule has 2 N–H and O–H groups in total. The summed E-state index contributed by atoms with van der Waals surface area (Å²) in [7, 11) is 1.61. The van der Waals surface area contributed by atoms with E-state index in [-0.39, 0.29) is 11.7 Å². The molecular formula is C21H27N3O3. The quantitative estimate of drug-likeness (QED) is 0.586. The van der Waals surface area contributed by atoms with Crippen molar-refractivity contribution in [1.82, 2.24) is 5.43 Å². The van der Waals surface area contributed by atoms with Gasteiger partial charge in [0.1, 0.15) is 5.75 Å². The van der Waals surface area contributed by atoms with Gasteiger partial charge in [-0.1, -0.05) is 45.9 Å². The van der Waals surface area contributed by atoms with Gasteiger partial charge in [0.05, 0.1) is 11.4 Å². The first-order chi connectivity index (χ1) is 12.7. The number of phenols is 1. The number of hydrazine groups is 1. The number of nitrogens with one attached hydrogen (secondary N) is 1. The van der Waals surface area contributed by atoms with Crippen LogP contribution in [-0.2, 0) is 4.79 Å². The minimum Gasteiger partial charge on any atom is -0.506 e. The Morgan fingerprint density at radius 1 is 1.00 bits per heavy atom. The summed E-state index contributed by atoms with van der Waals surface area (Å²) >= 11 is 0. The van der Waals surface area contributed by atoms with E-state index >= 15 is 0 Å². The first-order valence-corrected chi connectivity index (χ1v) is 8.96. The Kier molecular flexibility index (Phi) is 6.45. The van der Waals surface area contributed by atoms with Gasteiger partial charge in [0.2, 0.25) is 6.41 Å². The molecule has 27 heavy (non-hydrogen) atoms. The second-order valence-corrected chi connectivity index (χ2v) is 7.10. The van der Waals surface area contributed by atoms with Crippen LogP contribution in [-0.4, -0.2) is 24.6 Å². The van der Waals surface area contributed by atoms with Crippen molar-refractivity contribution >= 4 is 23.8 Å². The van der Waals surface area contributed by atoms with Gasteiger partial charge in [0, 0.05) is 7.05 Å². The van der Waals surface area contributed by atoms with Gasteiger partial charge < -0.3 is 5.11 Å². The molecule has 2 rings (SSSR count). The molecule has 0 atom stereocenters. The highest BCUT2D eigenvalue weighted by atomic mass is 16.3. The third-order valence-corrected chi connectivity index (χ3v) is 4.45. The normalized spacial score (nSPS) is 10.8. The highest BCUT2D eigenvalue weighted by Gasteiger charge is 2.18. The van der Waals surface area contributed by atoms with Crippen LogP contribution in [0.3, 0.4) is 0 Å². The molecule has 0 saturated carbocycles. The third kappa shape index (κ3) is 4.78. The van der Waals surface area contributed by atoms with Gasteiger partial charge in [-0.15, -0.1) is 0 Å². The molecule has 144 valence electrons. The average molecular weight is 369 g/mol. The van der Waals surface area contributed by atoms with Crippen molar-refractivity contribution < 1.29 is 14.7 Å². The zero-order valence-corrected chi connectivity index (χ0v) is 16.4. The summed E-state index contributed by atoms with van der Waals surface area (Å²) in [6.45, 7) is 8.24. The van der Waals surface area contributed by atoms with Crippen LogP contribution >= 0.6 is 0 Å². The van der Waals surface area contributed by atoms with Crippen LogP contribution in [0.5, 0.6) is 5.75 Å². The van der Waals surface area contributed by atoms with Crippen LogP contribution in [0.2, 0.25) is 0 Å². The fourth-order valence-corrected chi connectivity index (χ4v) is 2.67. The molecule has 3 amide bonds. The Bertz CT molecular complexity index is 801. The molecule has 0 fully saturated rings. The molecule has 6 nitrogen and oxygen atoms in total. The lowest BCUT2D eigenvalue weighted by Gasteiger charge is -2.25. The Morgan fingerprint density at radius 2 is 1.56 bits per heavy atom. The van der Waals surface area contributed by atoms with Crippen LogP contribution in [0.1, 0.15) is 50.7 Å². The number of aromatic hydroxyl groups is 1. The predicted octanol–water partition coefficient (Wildman–Crippen LogP) is 4.36. The largest absolute Gasteiger partial charge is 0.506 e. The van der Waals surface area contributed by atoms with E-state index < -0.39 is 6.03 Å². The maximum Gasteiger partial charge on any atom is 0.347 e. The summed E-state index contributed by atoms with van der Waals surface area (Å²) in [5, 5.41) is 11.5. The molecule has 0 unspecified atom stereocenters. The number of nitrogens with zero attached hydrogens (tertiary/aromatic N) is 2. The van der Waals surface area contributed by atoms with Gasteiger partial charge in [-0.3, -0.25) is 9.80 Å². The molecule has 6 heteroatoms. The molecule has 0 aliphatic carbocycles. The monoisotopic (exact) mass is 369 g/mol. The van der Waals surface area contributed by atoms with Gasteiger partial charge in [-0.25, -0.2) is 15.1 Å². The van der Waals surface area contributed by atoms with Crippen molar-refractivity contribution in [3.05, 3.63) is 53.6 Å². The number of phenolic OH excluding ortho intramolecular Hbond substituents is 1. The van der Waals surface area contributed by atoms with Crippen molar-refractivity contribution in [3.63, 3.8) is 0 Å². The lowest BCUT2D eigenvalue weighted by atomic mass is 10.0. The maximum absolute atomic E-state index is 12.6. The summed E-state index contributed by atoms with van der Waals surface area (Å²) < 4.78 is 0. The van der Waals surface area contributed by atoms with E-state index in [2.05, 4.69) is 19.3 Å². The summed E-state index contributed by atoms with van der Waals surface area (Å²) in [6.07, 6.45) is 0.470. The Labute approximate surface area is 160 Å². The Hall–Kier alpha value is -3.02. The van der Waals surface area contributed by atoms with Crippen LogP contribution in [0.15, 0.2) is 42.5 Å². The van der Waals surface area contributed by atoms with Crippen LogP contribution in [0, 0.1) is 0 Å². The van der Waals surface area contributed by atoms with E-state index in [9.17, 15) is 14.7 Å². The van der Waals surface area contributed by atoms with E-state index in [0.29, 0.717) is 23.7 Å². The number of benzene rings is 2. The minimum absolute atomic E-state index is 0.0427. The van der Waals surface area contributed by atoms with E-state index in [1.165, 1.54) is 5.01 Å². The zero-order chi connectivity index (χ0) is 20.1. The number of anilines is 2. The van der Waals surface area contributed by atoms with Gasteiger partial charge in [-0.2, -0.15) is 0 Å². The molecule has 0 heterocycles. The summed E-state index contributed by atoms with van der Waals surface area (Å²) in [5.74, 6) is 0.681. The van der Waals surface area contributed by atoms with E-state index in [1.54, 1.807) is 25.2 Å². The summed E-state index contributed by atoms with van der Waals surface area (Å²) in [5.41, 5.74) is 5.70. The lowest BCUT2D eigenvalue weighted by molar-refractivity contribution is -0.106. The van der Waals surface area contributed by atoms with Crippen molar-refractivity contribution in [2.75, 3.05) is 17.0 Å². The number of imide groups is 1. The highest BCUT2D eigenvalue weighted by molar-refractivity contribution is 6.06. The Morgan fingerprint density at radius 3 is 2.07 bits per heavy atom. The van der Waals surface area contributed by atoms with Crippen molar-refractivity contribution in [3.8, 4) is 5.75 Å². The van der Waals surface area contributed by atoms with Crippen LogP contribution in [0.4, 0.5) is 16.2 Å². The van der Waals surface area contributed by atoms with Crippen molar-refractivity contribution in [2.45, 2.75) is 39.5 Å². The van der Waals surface area contributed by atoms with E-state index in [4.69, 9.17) is 0 Å². The zero-order valence-electron chi connectivity index (χ0n) is 16.4. The van der Waals surface area contributed by atoms with Gasteiger partial charge in [0.25, 0.3) is 0 Å². The number of urea groups is 1. The topological polar surface area (TPSA) is 72.9 Å². The molecule has 2 aromatic carbocycles. The Balaban J connectivity index is 2.19. The van der Waals surface area contributed by atoms with Gasteiger partial charge >= 0.3 is 6.03 Å². The maximum atomic E-state index is 12.6. The standard InChI is InChI=1S/C21H27N3O3/c1-14(2)16-6-9-18(10-7-16)24(13-25)21(27)22-23(5)19-12-17(15(3)4)8-11-20(19)26/h6-15,26H,1-5H3,(H,22,27). The number of amides is 3. The predicted molar refractivity (Wildman–Crippen MR) is 108 cm³/mol. The fraction of sp³-hybridized carbons (Fsp3) is 0.333. The van der Waals surface area contributed by atoms with Gasteiger partial charge in [-0.05, 0) is 47.2 Å². The molecule has 0 spiro atoms. The number of hydrogen-bond acceptors (Lipinski definition) is 4. The lowest BCUT2D eigenvalue weighted by Crippen LogP contribution is -2.47. The number of hydrogen-bond donors (Lipinski definition) is 2. The second kappa shape index (κ2) is 8.58. The third-order valence-electron chi connectivity index (χ3n) is 4.45. The minimum atomic E-state index is -0.612. The summed E-state index contributed by atoms with van der Waals surface area (Å²) in [4.78, 5) is 25.0. The molecule has 2 aromatic rings.